The van der Waals surface area contributed by atoms with Crippen LogP contribution in [-0.4, -0.2) is 10.8 Å². The normalized spacial score (nSPS) is 10.2. The largest absolute Gasteiger partial charge is 0.375 e. The summed E-state index contributed by atoms with van der Waals surface area (Å²) in [5.41, 5.74) is 6.48. The van der Waals surface area contributed by atoms with Gasteiger partial charge in [-0.3, -0.25) is 4.79 Å². The number of hydrogen-bond donors (Lipinski definition) is 1. The summed E-state index contributed by atoms with van der Waals surface area (Å²) in [6.07, 6.45) is 0. The topological polar surface area (TPSA) is 56.0 Å². The first-order valence-corrected chi connectivity index (χ1v) is 5.85. The minimum atomic E-state index is -0.101. The van der Waals surface area contributed by atoms with Crippen LogP contribution in [0.15, 0.2) is 34.1 Å². The number of ketones is 1. The molecule has 0 aliphatic rings. The van der Waals surface area contributed by atoms with Crippen LogP contribution in [-0.2, 0) is 0 Å². The van der Waals surface area contributed by atoms with Gasteiger partial charge in [0.05, 0.1) is 0 Å². The average molecular weight is 283 g/mol. The van der Waals surface area contributed by atoms with E-state index in [1.165, 1.54) is 11.3 Å². The smallest absolute Gasteiger partial charge is 0.212 e. The third-order valence-electron chi connectivity index (χ3n) is 1.86. The highest BCUT2D eigenvalue weighted by atomic mass is 79.9. The summed E-state index contributed by atoms with van der Waals surface area (Å²) >= 11 is 4.58. The van der Waals surface area contributed by atoms with E-state index in [2.05, 4.69) is 20.9 Å². The highest BCUT2D eigenvalue weighted by molar-refractivity contribution is 9.10. The molecule has 2 N–H and O–H groups in total. The lowest BCUT2D eigenvalue weighted by molar-refractivity contribution is 0.103. The first-order chi connectivity index (χ1) is 7.16. The number of benzene rings is 1. The van der Waals surface area contributed by atoms with Crippen LogP contribution < -0.4 is 5.73 Å². The molecule has 0 radical (unpaired) electrons. The maximum atomic E-state index is 11.8. The zero-order valence-electron chi connectivity index (χ0n) is 7.61. The quantitative estimate of drug-likeness (QED) is 0.862. The number of anilines is 1. The summed E-state index contributed by atoms with van der Waals surface area (Å²) in [5.74, 6) is -0.101. The number of carbonyl (C=O) groups excluding carboxylic acids is 1. The number of nitrogens with zero attached hydrogens (tertiary/aromatic N) is 1. The van der Waals surface area contributed by atoms with Crippen molar-refractivity contribution < 1.29 is 4.79 Å². The van der Waals surface area contributed by atoms with Crippen molar-refractivity contribution in [2.24, 2.45) is 0 Å². The minimum absolute atomic E-state index is 0.101. The molecule has 0 spiro atoms. The molecule has 0 unspecified atom stereocenters. The Balaban J connectivity index is 2.32. The lowest BCUT2D eigenvalue weighted by Crippen LogP contribution is -2.01. The van der Waals surface area contributed by atoms with Gasteiger partial charge in [-0.1, -0.05) is 15.9 Å². The lowest BCUT2D eigenvalue weighted by atomic mass is 10.1. The number of halogens is 1. The van der Waals surface area contributed by atoms with Crippen LogP contribution in [0.25, 0.3) is 0 Å². The number of rotatable bonds is 2. The molecule has 0 amide bonds. The molecule has 0 aliphatic heterocycles. The van der Waals surface area contributed by atoms with Crippen molar-refractivity contribution in [1.82, 2.24) is 4.98 Å². The predicted molar refractivity (Wildman–Crippen MR) is 64.1 cm³/mol. The van der Waals surface area contributed by atoms with E-state index in [-0.39, 0.29) is 5.78 Å². The SMILES string of the molecule is Nc1nc(C(=O)c2ccc(Br)cc2)cs1. The maximum Gasteiger partial charge on any atom is 0.212 e. The predicted octanol–water partition coefficient (Wildman–Crippen LogP) is 2.72. The van der Waals surface area contributed by atoms with Gasteiger partial charge in [0.1, 0.15) is 5.69 Å². The van der Waals surface area contributed by atoms with Crippen molar-refractivity contribution in [2.45, 2.75) is 0 Å². The van der Waals surface area contributed by atoms with Gasteiger partial charge in [0.2, 0.25) is 5.78 Å². The average Bonchev–Trinajstić information content (AvgIpc) is 2.65. The van der Waals surface area contributed by atoms with Crippen LogP contribution in [0, 0.1) is 0 Å². The summed E-state index contributed by atoms with van der Waals surface area (Å²) in [4.78, 5) is 15.8. The fraction of sp³-hybridized carbons (Fsp3) is 0. The molecule has 0 saturated heterocycles. The van der Waals surface area contributed by atoms with Crippen molar-refractivity contribution in [3.05, 3.63) is 45.4 Å². The molecule has 5 heteroatoms. The number of nitrogen functional groups attached to an aromatic ring is 1. The molecule has 1 heterocycles. The summed E-state index contributed by atoms with van der Waals surface area (Å²) in [6.45, 7) is 0. The zero-order chi connectivity index (χ0) is 10.8. The van der Waals surface area contributed by atoms with Crippen molar-refractivity contribution in [3.63, 3.8) is 0 Å². The lowest BCUT2D eigenvalue weighted by Gasteiger charge is -1.97. The fourth-order valence-electron chi connectivity index (χ4n) is 1.14. The Morgan fingerprint density at radius 2 is 2.00 bits per heavy atom. The Labute approximate surface area is 99.1 Å². The third kappa shape index (κ3) is 2.24. The molecule has 15 heavy (non-hydrogen) atoms. The van der Waals surface area contributed by atoms with Crippen LogP contribution in [0.2, 0.25) is 0 Å². The summed E-state index contributed by atoms with van der Waals surface area (Å²) in [7, 11) is 0. The zero-order valence-corrected chi connectivity index (χ0v) is 10.0. The van der Waals surface area contributed by atoms with Gasteiger partial charge in [0, 0.05) is 15.4 Å². The van der Waals surface area contributed by atoms with Crippen LogP contribution in [0.3, 0.4) is 0 Å². The van der Waals surface area contributed by atoms with Gasteiger partial charge in [-0.25, -0.2) is 4.98 Å². The van der Waals surface area contributed by atoms with E-state index in [0.717, 1.165) is 4.47 Å². The monoisotopic (exact) mass is 282 g/mol. The van der Waals surface area contributed by atoms with Gasteiger partial charge in [-0.2, -0.15) is 0 Å². The molecule has 0 saturated carbocycles. The van der Waals surface area contributed by atoms with E-state index >= 15 is 0 Å². The molecule has 0 atom stereocenters. The van der Waals surface area contributed by atoms with Gasteiger partial charge in [-0.15, -0.1) is 11.3 Å². The Bertz CT molecular complexity index is 492. The molecule has 3 nitrogen and oxygen atoms in total. The Morgan fingerprint density at radius 3 is 2.53 bits per heavy atom. The first-order valence-electron chi connectivity index (χ1n) is 4.18. The number of aromatic nitrogens is 1. The van der Waals surface area contributed by atoms with Crippen molar-refractivity contribution in [2.75, 3.05) is 5.73 Å². The summed E-state index contributed by atoms with van der Waals surface area (Å²) in [5, 5.41) is 2.08. The Morgan fingerprint density at radius 1 is 1.33 bits per heavy atom. The second kappa shape index (κ2) is 4.12. The number of carbonyl (C=O) groups is 1. The molecular formula is C10H7BrN2OS. The molecule has 2 rings (SSSR count). The van der Waals surface area contributed by atoms with Crippen LogP contribution >= 0.6 is 27.3 Å². The Kier molecular flexibility index (Phi) is 2.83. The highest BCUT2D eigenvalue weighted by Crippen LogP contribution is 2.17. The van der Waals surface area contributed by atoms with E-state index < -0.39 is 0 Å². The highest BCUT2D eigenvalue weighted by Gasteiger charge is 2.11. The molecule has 76 valence electrons. The first kappa shape index (κ1) is 10.3. The van der Waals surface area contributed by atoms with E-state index in [1.54, 1.807) is 17.5 Å². The van der Waals surface area contributed by atoms with Crippen LogP contribution in [0.4, 0.5) is 5.13 Å². The molecule has 1 aromatic carbocycles. The number of hydrogen-bond acceptors (Lipinski definition) is 4. The van der Waals surface area contributed by atoms with Crippen LogP contribution in [0.5, 0.6) is 0 Å². The Hall–Kier alpha value is -1.20. The van der Waals surface area contributed by atoms with E-state index in [0.29, 0.717) is 16.4 Å². The molecule has 0 fully saturated rings. The fourth-order valence-corrected chi connectivity index (χ4v) is 1.95. The standard InChI is InChI=1S/C10H7BrN2OS/c11-7-3-1-6(2-4-7)9(14)8-5-15-10(12)13-8/h1-5H,(H2,12,13). The second-order valence-corrected chi connectivity index (χ2v) is 4.71. The second-order valence-electron chi connectivity index (χ2n) is 2.91. The van der Waals surface area contributed by atoms with Gasteiger partial charge >= 0.3 is 0 Å². The number of nitrogens with two attached hydrogens (primary N) is 1. The van der Waals surface area contributed by atoms with Crippen molar-refractivity contribution in [3.8, 4) is 0 Å². The van der Waals surface area contributed by atoms with Gasteiger partial charge in [0.15, 0.2) is 5.13 Å². The third-order valence-corrected chi connectivity index (χ3v) is 3.06. The minimum Gasteiger partial charge on any atom is -0.375 e. The molecular weight excluding hydrogens is 276 g/mol. The summed E-state index contributed by atoms with van der Waals surface area (Å²) in [6, 6.07) is 7.15. The molecule has 1 aromatic heterocycles. The molecule has 2 aromatic rings. The van der Waals surface area contributed by atoms with Crippen molar-refractivity contribution >= 4 is 38.2 Å². The van der Waals surface area contributed by atoms with Gasteiger partial charge in [0.25, 0.3) is 0 Å². The molecule has 0 aliphatic carbocycles. The van der Waals surface area contributed by atoms with Gasteiger partial charge in [-0.05, 0) is 24.3 Å². The van der Waals surface area contributed by atoms with E-state index in [1.807, 2.05) is 12.1 Å². The van der Waals surface area contributed by atoms with Crippen molar-refractivity contribution in [1.29, 1.82) is 0 Å². The van der Waals surface area contributed by atoms with Gasteiger partial charge < -0.3 is 5.73 Å². The van der Waals surface area contributed by atoms with E-state index in [4.69, 9.17) is 5.73 Å². The van der Waals surface area contributed by atoms with Crippen LogP contribution in [0.1, 0.15) is 16.1 Å². The van der Waals surface area contributed by atoms with E-state index in [9.17, 15) is 4.79 Å². The number of thiazole rings is 1. The molecule has 0 bridgehead atoms. The summed E-state index contributed by atoms with van der Waals surface area (Å²) < 4.78 is 0.942. The maximum absolute atomic E-state index is 11.8.